The van der Waals surface area contributed by atoms with Crippen LogP contribution >= 0.6 is 0 Å². The lowest BCUT2D eigenvalue weighted by Gasteiger charge is -2.07. The number of benzene rings is 2. The second kappa shape index (κ2) is 7.76. The number of carbonyl (C=O) groups excluding carboxylic acids is 1. The van der Waals surface area contributed by atoms with Crippen molar-refractivity contribution in [1.29, 1.82) is 5.26 Å². The minimum Gasteiger partial charge on any atom is -0.299 e. The first-order valence-corrected chi connectivity index (χ1v) is 8.58. The number of aryl methyl sites for hydroxylation is 2. The van der Waals surface area contributed by atoms with Gasteiger partial charge in [0.1, 0.15) is 5.78 Å². The molecule has 0 saturated heterocycles. The number of nitrogens with zero attached hydrogens (tertiary/aromatic N) is 2. The molecule has 0 atom stereocenters. The maximum atomic E-state index is 12.4. The van der Waals surface area contributed by atoms with E-state index in [-0.39, 0.29) is 5.78 Å². The van der Waals surface area contributed by atoms with Gasteiger partial charge < -0.3 is 0 Å². The summed E-state index contributed by atoms with van der Waals surface area (Å²) < 4.78 is 0. The molecule has 1 aromatic heterocycles. The summed E-state index contributed by atoms with van der Waals surface area (Å²) in [5.41, 5.74) is 6.79. The van der Waals surface area contributed by atoms with E-state index in [1.165, 1.54) is 0 Å². The first kappa shape index (κ1) is 17.6. The minimum atomic E-state index is 0.149. The molecule has 0 aliphatic heterocycles. The first-order chi connectivity index (χ1) is 12.5. The molecule has 0 aliphatic rings. The zero-order valence-corrected chi connectivity index (χ0v) is 15.0. The monoisotopic (exact) mass is 340 g/mol. The Bertz CT molecular complexity index is 982. The topological polar surface area (TPSA) is 53.8 Å². The van der Waals surface area contributed by atoms with Crippen LogP contribution in [0.25, 0.3) is 11.1 Å². The SMILES string of the molecule is Cc1cc(-c2ccc(CC(=O)Cc3cc(C#N)ccc3C)cc2)ccn1. The molecule has 3 rings (SSSR count). The van der Waals surface area contributed by atoms with Crippen molar-refractivity contribution in [3.05, 3.63) is 88.7 Å². The third-order valence-corrected chi connectivity index (χ3v) is 4.45. The lowest BCUT2D eigenvalue weighted by atomic mass is 9.97. The number of ketones is 1. The van der Waals surface area contributed by atoms with Gasteiger partial charge in [0.05, 0.1) is 11.6 Å². The molecule has 0 radical (unpaired) electrons. The van der Waals surface area contributed by atoms with Crippen molar-refractivity contribution in [3.63, 3.8) is 0 Å². The molecular formula is C23H20N2O. The molecule has 3 nitrogen and oxygen atoms in total. The van der Waals surface area contributed by atoms with Crippen LogP contribution in [-0.2, 0) is 17.6 Å². The molecule has 0 N–H and O–H groups in total. The second-order valence-electron chi connectivity index (χ2n) is 6.53. The van der Waals surface area contributed by atoms with Gasteiger partial charge in [0, 0.05) is 24.7 Å². The number of Topliss-reactive ketones (excluding diaryl/α,β-unsaturated/α-hetero) is 1. The van der Waals surface area contributed by atoms with Crippen molar-refractivity contribution in [3.8, 4) is 17.2 Å². The molecular weight excluding hydrogens is 320 g/mol. The molecule has 3 heteroatoms. The molecule has 3 aromatic rings. The third kappa shape index (κ3) is 4.23. The highest BCUT2D eigenvalue weighted by molar-refractivity contribution is 5.83. The normalized spacial score (nSPS) is 10.3. The summed E-state index contributed by atoms with van der Waals surface area (Å²) in [4.78, 5) is 16.7. The average Bonchev–Trinajstić information content (AvgIpc) is 2.64. The van der Waals surface area contributed by atoms with Crippen molar-refractivity contribution in [2.75, 3.05) is 0 Å². The molecule has 0 spiro atoms. The molecule has 128 valence electrons. The van der Waals surface area contributed by atoms with Gasteiger partial charge in [-0.1, -0.05) is 30.3 Å². The van der Waals surface area contributed by atoms with Gasteiger partial charge in [-0.25, -0.2) is 0 Å². The van der Waals surface area contributed by atoms with Crippen LogP contribution in [-0.4, -0.2) is 10.8 Å². The van der Waals surface area contributed by atoms with Crippen LogP contribution in [0, 0.1) is 25.2 Å². The van der Waals surface area contributed by atoms with Crippen LogP contribution in [0.2, 0.25) is 0 Å². The van der Waals surface area contributed by atoms with E-state index in [9.17, 15) is 4.79 Å². The van der Waals surface area contributed by atoms with E-state index in [1.807, 2.05) is 62.4 Å². The van der Waals surface area contributed by atoms with Gasteiger partial charge in [0.2, 0.25) is 0 Å². The maximum absolute atomic E-state index is 12.4. The summed E-state index contributed by atoms with van der Waals surface area (Å²) in [6.45, 7) is 3.94. The zero-order chi connectivity index (χ0) is 18.5. The summed E-state index contributed by atoms with van der Waals surface area (Å²) >= 11 is 0. The van der Waals surface area contributed by atoms with E-state index in [0.717, 1.165) is 33.5 Å². The predicted molar refractivity (Wildman–Crippen MR) is 103 cm³/mol. The van der Waals surface area contributed by atoms with Gasteiger partial charge in [-0.05, 0) is 65.9 Å². The van der Waals surface area contributed by atoms with Crippen LogP contribution in [0.4, 0.5) is 0 Å². The summed E-state index contributed by atoms with van der Waals surface area (Å²) in [5, 5.41) is 9.02. The summed E-state index contributed by atoms with van der Waals surface area (Å²) in [5.74, 6) is 0.149. The molecule has 0 unspecified atom stereocenters. The Balaban J connectivity index is 1.69. The molecule has 1 heterocycles. The molecule has 0 bridgehead atoms. The molecule has 0 aliphatic carbocycles. The fraction of sp³-hybridized carbons (Fsp3) is 0.174. The fourth-order valence-corrected chi connectivity index (χ4v) is 2.97. The standard InChI is InChI=1S/C23H20N2O/c1-16-3-4-19(15-24)12-22(16)14-23(26)13-18-5-7-20(8-6-18)21-9-10-25-17(2)11-21/h3-12H,13-14H2,1-2H3. The lowest BCUT2D eigenvalue weighted by Crippen LogP contribution is -2.08. The van der Waals surface area contributed by atoms with E-state index >= 15 is 0 Å². The average molecular weight is 340 g/mol. The predicted octanol–water partition coefficient (Wildman–Crippen LogP) is 4.59. The number of hydrogen-bond donors (Lipinski definition) is 0. The molecule has 0 saturated carbocycles. The van der Waals surface area contributed by atoms with Crippen molar-refractivity contribution in [2.24, 2.45) is 0 Å². The highest BCUT2D eigenvalue weighted by Gasteiger charge is 2.09. The Kier molecular flexibility index (Phi) is 5.24. The van der Waals surface area contributed by atoms with Gasteiger partial charge in [-0.15, -0.1) is 0 Å². The van der Waals surface area contributed by atoms with Crippen molar-refractivity contribution in [1.82, 2.24) is 4.98 Å². The number of hydrogen-bond acceptors (Lipinski definition) is 3. The quantitative estimate of drug-likeness (QED) is 0.682. The van der Waals surface area contributed by atoms with Gasteiger partial charge >= 0.3 is 0 Å². The summed E-state index contributed by atoms with van der Waals surface area (Å²) in [6, 6.07) is 19.7. The van der Waals surface area contributed by atoms with Crippen LogP contribution in [0.1, 0.15) is 27.9 Å². The van der Waals surface area contributed by atoms with Crippen LogP contribution < -0.4 is 0 Å². The Morgan fingerprint density at radius 2 is 1.73 bits per heavy atom. The highest BCUT2D eigenvalue weighted by Crippen LogP contribution is 2.20. The Morgan fingerprint density at radius 3 is 2.42 bits per heavy atom. The van der Waals surface area contributed by atoms with Gasteiger partial charge in [-0.3, -0.25) is 9.78 Å². The van der Waals surface area contributed by atoms with E-state index in [1.54, 1.807) is 12.3 Å². The largest absolute Gasteiger partial charge is 0.299 e. The minimum absolute atomic E-state index is 0.149. The van der Waals surface area contributed by atoms with E-state index in [2.05, 4.69) is 11.1 Å². The Labute approximate surface area is 154 Å². The summed E-state index contributed by atoms with van der Waals surface area (Å²) in [7, 11) is 0. The number of pyridine rings is 1. The lowest BCUT2D eigenvalue weighted by molar-refractivity contribution is -0.117. The van der Waals surface area contributed by atoms with E-state index in [4.69, 9.17) is 5.26 Å². The van der Waals surface area contributed by atoms with Crippen LogP contribution in [0.15, 0.2) is 60.8 Å². The maximum Gasteiger partial charge on any atom is 0.141 e. The zero-order valence-electron chi connectivity index (χ0n) is 15.0. The van der Waals surface area contributed by atoms with Crippen LogP contribution in [0.5, 0.6) is 0 Å². The molecule has 0 fully saturated rings. The Hall–Kier alpha value is -3.25. The van der Waals surface area contributed by atoms with Crippen LogP contribution in [0.3, 0.4) is 0 Å². The van der Waals surface area contributed by atoms with Gasteiger partial charge in [0.15, 0.2) is 0 Å². The third-order valence-electron chi connectivity index (χ3n) is 4.45. The molecule has 0 amide bonds. The fourth-order valence-electron chi connectivity index (χ4n) is 2.97. The van der Waals surface area contributed by atoms with Gasteiger partial charge in [0.25, 0.3) is 0 Å². The number of rotatable bonds is 5. The van der Waals surface area contributed by atoms with E-state index in [0.29, 0.717) is 18.4 Å². The smallest absolute Gasteiger partial charge is 0.141 e. The van der Waals surface area contributed by atoms with Crippen molar-refractivity contribution in [2.45, 2.75) is 26.7 Å². The molecule has 2 aromatic carbocycles. The van der Waals surface area contributed by atoms with Crippen molar-refractivity contribution < 1.29 is 4.79 Å². The number of nitriles is 1. The number of aromatic nitrogens is 1. The second-order valence-corrected chi connectivity index (χ2v) is 6.53. The Morgan fingerprint density at radius 1 is 0.962 bits per heavy atom. The first-order valence-electron chi connectivity index (χ1n) is 8.58. The van der Waals surface area contributed by atoms with Crippen molar-refractivity contribution >= 4 is 5.78 Å². The number of carbonyl (C=O) groups is 1. The summed E-state index contributed by atoms with van der Waals surface area (Å²) in [6.07, 6.45) is 2.55. The highest BCUT2D eigenvalue weighted by atomic mass is 16.1. The molecule has 26 heavy (non-hydrogen) atoms. The van der Waals surface area contributed by atoms with Gasteiger partial charge in [-0.2, -0.15) is 5.26 Å². The van der Waals surface area contributed by atoms with E-state index < -0.39 is 0 Å².